The van der Waals surface area contributed by atoms with Gasteiger partial charge in [-0.2, -0.15) is 0 Å². The second kappa shape index (κ2) is 10.1. The maximum Gasteiger partial charge on any atom is 0.295 e. The minimum atomic E-state index is -0.773. The van der Waals surface area contributed by atoms with Crippen LogP contribution in [0.15, 0.2) is 78.6 Å². The molecule has 1 aromatic heterocycles. The summed E-state index contributed by atoms with van der Waals surface area (Å²) in [6.07, 6.45) is 3.26. The number of benzene rings is 2. The minimum Gasteiger partial charge on any atom is -0.507 e. The van der Waals surface area contributed by atoms with Crippen molar-refractivity contribution in [2.45, 2.75) is 26.4 Å². The molecule has 1 aliphatic rings. The van der Waals surface area contributed by atoms with Crippen molar-refractivity contribution in [2.75, 3.05) is 6.61 Å². The lowest BCUT2D eigenvalue weighted by Gasteiger charge is -2.25. The van der Waals surface area contributed by atoms with Crippen molar-refractivity contribution in [1.82, 2.24) is 9.88 Å². The standard InChI is InChI=1S/C27H25ClN2O4/c1-17(2)16-34-22-5-3-4-20(14-22)25(31)23-24(19-6-8-21(28)9-7-19)30(27(33)26(23)32)15-18-10-12-29-13-11-18/h3-14,17,24,31H,15-16H2,1-2H3/b25-23-. The molecule has 34 heavy (non-hydrogen) atoms. The zero-order valence-corrected chi connectivity index (χ0v) is 19.7. The lowest BCUT2D eigenvalue weighted by Crippen LogP contribution is -2.29. The van der Waals surface area contributed by atoms with E-state index in [1.165, 1.54) is 4.90 Å². The van der Waals surface area contributed by atoms with Crippen LogP contribution in [-0.4, -0.2) is 33.3 Å². The van der Waals surface area contributed by atoms with Crippen LogP contribution in [0.2, 0.25) is 5.02 Å². The van der Waals surface area contributed by atoms with Crippen molar-refractivity contribution < 1.29 is 19.4 Å². The number of carbonyl (C=O) groups is 2. The summed E-state index contributed by atoms with van der Waals surface area (Å²) in [7, 11) is 0. The molecule has 2 heterocycles. The molecule has 0 spiro atoms. The molecule has 0 aliphatic carbocycles. The van der Waals surface area contributed by atoms with Crippen LogP contribution in [0, 0.1) is 5.92 Å². The van der Waals surface area contributed by atoms with Crippen molar-refractivity contribution in [3.05, 3.63) is 100 Å². The van der Waals surface area contributed by atoms with Crippen LogP contribution in [0.25, 0.3) is 5.76 Å². The van der Waals surface area contributed by atoms with Crippen LogP contribution < -0.4 is 4.74 Å². The molecule has 4 rings (SSSR count). The van der Waals surface area contributed by atoms with Gasteiger partial charge < -0.3 is 14.7 Å². The fourth-order valence-electron chi connectivity index (χ4n) is 3.87. The average molecular weight is 477 g/mol. The van der Waals surface area contributed by atoms with Crippen molar-refractivity contribution in [3.63, 3.8) is 0 Å². The first-order chi connectivity index (χ1) is 16.3. The van der Waals surface area contributed by atoms with E-state index in [0.717, 1.165) is 5.56 Å². The summed E-state index contributed by atoms with van der Waals surface area (Å²) in [4.78, 5) is 31.8. The normalized spacial score (nSPS) is 17.4. The summed E-state index contributed by atoms with van der Waals surface area (Å²) < 4.78 is 5.78. The largest absolute Gasteiger partial charge is 0.507 e. The number of aliphatic hydroxyl groups is 1. The molecule has 1 fully saturated rings. The minimum absolute atomic E-state index is 0.0300. The Labute approximate surface area is 203 Å². The predicted molar refractivity (Wildman–Crippen MR) is 130 cm³/mol. The summed E-state index contributed by atoms with van der Waals surface area (Å²) >= 11 is 6.08. The van der Waals surface area contributed by atoms with Crippen LogP contribution in [0.4, 0.5) is 0 Å². The van der Waals surface area contributed by atoms with Gasteiger partial charge in [0.2, 0.25) is 0 Å². The van der Waals surface area contributed by atoms with Gasteiger partial charge in [-0.3, -0.25) is 14.6 Å². The monoisotopic (exact) mass is 476 g/mol. The summed E-state index contributed by atoms with van der Waals surface area (Å²) in [6, 6.07) is 16.6. The predicted octanol–water partition coefficient (Wildman–Crippen LogP) is 5.39. The number of carbonyl (C=O) groups excluding carboxylic acids is 2. The molecule has 7 heteroatoms. The summed E-state index contributed by atoms with van der Waals surface area (Å²) in [5.74, 6) is -0.747. The first-order valence-electron chi connectivity index (χ1n) is 11.0. The quantitative estimate of drug-likeness (QED) is 0.281. The van der Waals surface area contributed by atoms with Gasteiger partial charge >= 0.3 is 0 Å². The molecule has 6 nitrogen and oxygen atoms in total. The third kappa shape index (κ3) is 4.97. The third-order valence-corrected chi connectivity index (χ3v) is 5.77. The highest BCUT2D eigenvalue weighted by Gasteiger charge is 2.46. The second-order valence-electron chi connectivity index (χ2n) is 8.57. The summed E-state index contributed by atoms with van der Waals surface area (Å²) in [6.45, 7) is 4.79. The van der Waals surface area contributed by atoms with E-state index < -0.39 is 17.7 Å². The van der Waals surface area contributed by atoms with Gasteiger partial charge in [-0.15, -0.1) is 0 Å². The van der Waals surface area contributed by atoms with E-state index in [2.05, 4.69) is 4.98 Å². The molecule has 1 amide bonds. The number of ketones is 1. The molecular formula is C27H25ClN2O4. The van der Waals surface area contributed by atoms with E-state index in [1.54, 1.807) is 73.1 Å². The molecule has 1 atom stereocenters. The molecule has 0 bridgehead atoms. The van der Waals surface area contributed by atoms with Crippen LogP contribution in [0.1, 0.15) is 36.6 Å². The molecule has 0 saturated carbocycles. The number of ether oxygens (including phenoxy) is 1. The zero-order chi connectivity index (χ0) is 24.2. The number of pyridine rings is 1. The lowest BCUT2D eigenvalue weighted by molar-refractivity contribution is -0.140. The van der Waals surface area contributed by atoms with E-state index in [-0.39, 0.29) is 17.9 Å². The van der Waals surface area contributed by atoms with Crippen LogP contribution in [0.5, 0.6) is 5.75 Å². The molecule has 1 saturated heterocycles. The first-order valence-corrected chi connectivity index (χ1v) is 11.4. The van der Waals surface area contributed by atoms with Crippen molar-refractivity contribution in [2.24, 2.45) is 5.92 Å². The van der Waals surface area contributed by atoms with Crippen molar-refractivity contribution in [1.29, 1.82) is 0 Å². The topological polar surface area (TPSA) is 79.7 Å². The van der Waals surface area contributed by atoms with Gasteiger partial charge in [0.1, 0.15) is 11.5 Å². The van der Waals surface area contributed by atoms with Gasteiger partial charge in [-0.1, -0.05) is 49.7 Å². The summed E-state index contributed by atoms with van der Waals surface area (Å²) in [5.41, 5.74) is 1.93. The van der Waals surface area contributed by atoms with E-state index in [1.807, 2.05) is 13.8 Å². The van der Waals surface area contributed by atoms with Gasteiger partial charge in [-0.25, -0.2) is 0 Å². The first kappa shape index (κ1) is 23.5. The van der Waals surface area contributed by atoms with Crippen LogP contribution in [0.3, 0.4) is 0 Å². The highest BCUT2D eigenvalue weighted by atomic mass is 35.5. The van der Waals surface area contributed by atoms with E-state index in [4.69, 9.17) is 16.3 Å². The number of aromatic nitrogens is 1. The number of Topliss-reactive ketones (excluding diaryl/α,β-unsaturated/α-hetero) is 1. The smallest absolute Gasteiger partial charge is 0.295 e. The highest BCUT2D eigenvalue weighted by molar-refractivity contribution is 6.46. The highest BCUT2D eigenvalue weighted by Crippen LogP contribution is 2.40. The Morgan fingerprint density at radius 1 is 1.09 bits per heavy atom. The van der Waals surface area contributed by atoms with Crippen LogP contribution in [-0.2, 0) is 16.1 Å². The van der Waals surface area contributed by atoms with E-state index in [9.17, 15) is 14.7 Å². The van der Waals surface area contributed by atoms with Gasteiger partial charge in [0.25, 0.3) is 11.7 Å². The SMILES string of the molecule is CC(C)COc1cccc(/C(O)=C2/C(=O)C(=O)N(Cc3ccncc3)C2c2ccc(Cl)cc2)c1. The fourth-order valence-corrected chi connectivity index (χ4v) is 4.00. The Morgan fingerprint density at radius 2 is 1.79 bits per heavy atom. The maximum atomic E-state index is 13.2. The van der Waals surface area contributed by atoms with E-state index in [0.29, 0.717) is 34.4 Å². The molecule has 2 aromatic carbocycles. The van der Waals surface area contributed by atoms with Gasteiger partial charge in [-0.05, 0) is 53.4 Å². The van der Waals surface area contributed by atoms with Crippen molar-refractivity contribution in [3.8, 4) is 5.75 Å². The lowest BCUT2D eigenvalue weighted by atomic mass is 9.95. The number of halogens is 1. The van der Waals surface area contributed by atoms with Crippen LogP contribution >= 0.6 is 11.6 Å². The number of likely N-dealkylation sites (tertiary alicyclic amines) is 1. The summed E-state index contributed by atoms with van der Waals surface area (Å²) in [5, 5.41) is 11.8. The Hall–Kier alpha value is -3.64. The van der Waals surface area contributed by atoms with Gasteiger partial charge in [0.15, 0.2) is 0 Å². The molecule has 0 radical (unpaired) electrons. The molecule has 174 valence electrons. The number of amides is 1. The van der Waals surface area contributed by atoms with Crippen molar-refractivity contribution >= 4 is 29.1 Å². The molecular weight excluding hydrogens is 452 g/mol. The Morgan fingerprint density at radius 3 is 2.47 bits per heavy atom. The second-order valence-corrected chi connectivity index (χ2v) is 9.00. The van der Waals surface area contributed by atoms with Gasteiger partial charge in [0.05, 0.1) is 18.2 Å². The Bertz CT molecular complexity index is 1220. The molecule has 1 N–H and O–H groups in total. The number of aliphatic hydroxyl groups excluding tert-OH is 1. The average Bonchev–Trinajstić information content (AvgIpc) is 3.08. The van der Waals surface area contributed by atoms with E-state index >= 15 is 0 Å². The fraction of sp³-hybridized carbons (Fsp3) is 0.222. The number of hydrogen-bond acceptors (Lipinski definition) is 5. The Balaban J connectivity index is 1.79. The maximum absolute atomic E-state index is 13.2. The molecule has 1 unspecified atom stereocenters. The zero-order valence-electron chi connectivity index (χ0n) is 18.9. The molecule has 3 aromatic rings. The Kier molecular flexibility index (Phi) is 6.98. The number of rotatable bonds is 7. The number of nitrogens with zero attached hydrogens (tertiary/aromatic N) is 2. The number of hydrogen-bond donors (Lipinski definition) is 1. The van der Waals surface area contributed by atoms with Gasteiger partial charge in [0, 0.05) is 29.5 Å². The molecule has 1 aliphatic heterocycles. The third-order valence-electron chi connectivity index (χ3n) is 5.52.